The van der Waals surface area contributed by atoms with E-state index in [-0.39, 0.29) is 34.3 Å². The van der Waals surface area contributed by atoms with Crippen LogP contribution >= 0.6 is 0 Å². The molecule has 0 unspecified atom stereocenters. The molecule has 29 heavy (non-hydrogen) atoms. The highest BCUT2D eigenvalue weighted by molar-refractivity contribution is 7.90. The Balaban J connectivity index is 2.02. The Morgan fingerprint density at radius 2 is 1.69 bits per heavy atom. The summed E-state index contributed by atoms with van der Waals surface area (Å²) >= 11 is 0. The minimum absolute atomic E-state index is 0.147. The summed E-state index contributed by atoms with van der Waals surface area (Å²) in [6, 6.07) is 17.2. The lowest BCUT2D eigenvalue weighted by atomic mass is 9.84. The van der Waals surface area contributed by atoms with E-state index in [9.17, 15) is 18.0 Å². The van der Waals surface area contributed by atoms with E-state index in [1.807, 2.05) is 31.2 Å². The van der Waals surface area contributed by atoms with Gasteiger partial charge in [-0.2, -0.15) is 5.10 Å². The summed E-state index contributed by atoms with van der Waals surface area (Å²) in [7, 11) is -1.80. The lowest BCUT2D eigenvalue weighted by Crippen LogP contribution is -2.22. The summed E-state index contributed by atoms with van der Waals surface area (Å²) in [5.74, 6) is -0.461. The van der Waals surface area contributed by atoms with Crippen LogP contribution in [0.5, 0.6) is 0 Å². The maximum Gasteiger partial charge on any atom is 0.266 e. The molecule has 150 valence electrons. The largest absolute Gasteiger partial charge is 0.292 e. The van der Waals surface area contributed by atoms with E-state index in [0.29, 0.717) is 0 Å². The van der Waals surface area contributed by atoms with Gasteiger partial charge in [0, 0.05) is 31.7 Å². The number of carbonyl (C=O) groups excluding carboxylic acids is 1. The fourth-order valence-electron chi connectivity index (χ4n) is 3.27. The molecule has 0 bridgehead atoms. The van der Waals surface area contributed by atoms with E-state index in [4.69, 9.17) is 0 Å². The molecule has 0 amide bonds. The Labute approximate surface area is 169 Å². The molecule has 2 aromatic carbocycles. The van der Waals surface area contributed by atoms with Gasteiger partial charge in [-0.05, 0) is 41.8 Å². The molecule has 1 aromatic heterocycles. The third kappa shape index (κ3) is 4.68. The number of hydrogen-bond donors (Lipinski definition) is 0. The van der Waals surface area contributed by atoms with Gasteiger partial charge in [-0.1, -0.05) is 36.4 Å². The molecule has 6 nitrogen and oxygen atoms in total. The first-order chi connectivity index (χ1) is 13.7. The molecule has 1 heterocycles. The zero-order valence-electron chi connectivity index (χ0n) is 16.5. The highest BCUT2D eigenvalue weighted by atomic mass is 32.2. The highest BCUT2D eigenvalue weighted by Gasteiger charge is 2.22. The van der Waals surface area contributed by atoms with E-state index < -0.39 is 9.84 Å². The van der Waals surface area contributed by atoms with Crippen molar-refractivity contribution in [2.75, 3.05) is 6.26 Å². The Kier molecular flexibility index (Phi) is 5.79. The van der Waals surface area contributed by atoms with Crippen LogP contribution in [0.2, 0.25) is 0 Å². The van der Waals surface area contributed by atoms with E-state index >= 15 is 0 Å². The second-order valence-corrected chi connectivity index (χ2v) is 9.07. The van der Waals surface area contributed by atoms with Crippen LogP contribution < -0.4 is 5.56 Å². The monoisotopic (exact) mass is 410 g/mol. The topological polar surface area (TPSA) is 86.1 Å². The van der Waals surface area contributed by atoms with E-state index in [1.165, 1.54) is 19.2 Å². The zero-order valence-corrected chi connectivity index (χ0v) is 17.3. The molecule has 0 fully saturated rings. The van der Waals surface area contributed by atoms with Crippen molar-refractivity contribution in [3.8, 4) is 0 Å². The third-order valence-corrected chi connectivity index (χ3v) is 6.04. The van der Waals surface area contributed by atoms with Crippen molar-refractivity contribution in [2.45, 2.75) is 24.2 Å². The number of carbonyl (C=O) groups is 1. The van der Waals surface area contributed by atoms with Gasteiger partial charge >= 0.3 is 0 Å². The molecular formula is C22H22N2O4S. The first-order valence-corrected chi connectivity index (χ1v) is 11.0. The minimum Gasteiger partial charge on any atom is -0.292 e. The Morgan fingerprint density at radius 3 is 2.28 bits per heavy atom. The number of aryl methyl sites for hydroxylation is 2. The number of aromatic nitrogens is 2. The number of benzene rings is 2. The maximum atomic E-state index is 12.9. The van der Waals surface area contributed by atoms with Crippen molar-refractivity contribution >= 4 is 15.6 Å². The molecule has 3 rings (SSSR count). The van der Waals surface area contributed by atoms with Crippen molar-refractivity contribution in [3.63, 3.8) is 0 Å². The van der Waals surface area contributed by atoms with Gasteiger partial charge in [-0.3, -0.25) is 9.59 Å². The standard InChI is InChI=1S/C22H22N2O4S/c1-15-6-4-5-7-18(15)19(16-8-10-17(11-9-16)29(3,27)28)14-21(25)20-12-13-22(26)24(2)23-20/h4-13,19H,14H2,1-3H3/t19-/m1/s1. The molecule has 0 spiro atoms. The second kappa shape index (κ2) is 8.13. The molecule has 0 aliphatic heterocycles. The predicted octanol–water partition coefficient (Wildman–Crippen LogP) is 2.90. The van der Waals surface area contributed by atoms with Crippen molar-refractivity contribution in [2.24, 2.45) is 7.05 Å². The smallest absolute Gasteiger partial charge is 0.266 e. The number of nitrogens with zero attached hydrogens (tertiary/aromatic N) is 2. The zero-order chi connectivity index (χ0) is 21.2. The first-order valence-electron chi connectivity index (χ1n) is 9.10. The summed E-state index contributed by atoms with van der Waals surface area (Å²) in [6.45, 7) is 1.97. The summed E-state index contributed by atoms with van der Waals surface area (Å²) in [5.41, 5.74) is 2.79. The van der Waals surface area contributed by atoms with Crippen molar-refractivity contribution in [3.05, 3.63) is 93.4 Å². The van der Waals surface area contributed by atoms with Gasteiger partial charge in [0.2, 0.25) is 0 Å². The summed E-state index contributed by atoms with van der Waals surface area (Å²) < 4.78 is 24.7. The van der Waals surface area contributed by atoms with Gasteiger partial charge in [-0.15, -0.1) is 0 Å². The van der Waals surface area contributed by atoms with Gasteiger partial charge in [0.25, 0.3) is 5.56 Å². The summed E-state index contributed by atoms with van der Waals surface area (Å²) in [4.78, 5) is 24.7. The van der Waals surface area contributed by atoms with Crippen LogP contribution in [0.15, 0.2) is 70.4 Å². The molecule has 0 N–H and O–H groups in total. The summed E-state index contributed by atoms with van der Waals surface area (Å²) in [5, 5.41) is 4.06. The Bertz CT molecular complexity index is 1210. The first kappa shape index (κ1) is 20.7. The Hall–Kier alpha value is -3.06. The van der Waals surface area contributed by atoms with Gasteiger partial charge < -0.3 is 0 Å². The van der Waals surface area contributed by atoms with Crippen LogP contribution in [0.4, 0.5) is 0 Å². The number of ketones is 1. The second-order valence-electron chi connectivity index (χ2n) is 7.06. The van der Waals surface area contributed by atoms with Crippen LogP contribution in [0, 0.1) is 6.92 Å². The fourth-order valence-corrected chi connectivity index (χ4v) is 3.90. The third-order valence-electron chi connectivity index (χ3n) is 4.91. The van der Waals surface area contributed by atoms with Crippen LogP contribution in [0.1, 0.15) is 39.5 Å². The van der Waals surface area contributed by atoms with Crippen molar-refractivity contribution < 1.29 is 13.2 Å². The minimum atomic E-state index is -3.30. The molecule has 1 atom stereocenters. The Morgan fingerprint density at radius 1 is 1.03 bits per heavy atom. The number of sulfone groups is 1. The van der Waals surface area contributed by atoms with Crippen LogP contribution in [-0.4, -0.2) is 30.2 Å². The van der Waals surface area contributed by atoms with E-state index in [2.05, 4.69) is 5.10 Å². The lowest BCUT2D eigenvalue weighted by molar-refractivity contribution is 0.0970. The molecule has 0 aliphatic rings. The molecular weight excluding hydrogens is 388 g/mol. The average molecular weight is 410 g/mol. The highest BCUT2D eigenvalue weighted by Crippen LogP contribution is 2.32. The van der Waals surface area contributed by atoms with Gasteiger partial charge in [0.05, 0.1) is 4.90 Å². The van der Waals surface area contributed by atoms with Crippen LogP contribution in [-0.2, 0) is 16.9 Å². The molecule has 0 saturated carbocycles. The van der Waals surface area contributed by atoms with E-state index in [0.717, 1.165) is 27.6 Å². The number of hydrogen-bond acceptors (Lipinski definition) is 5. The molecule has 3 aromatic rings. The predicted molar refractivity (Wildman–Crippen MR) is 111 cm³/mol. The van der Waals surface area contributed by atoms with Crippen LogP contribution in [0.25, 0.3) is 0 Å². The maximum absolute atomic E-state index is 12.9. The molecule has 7 heteroatoms. The fraction of sp³-hybridized carbons (Fsp3) is 0.227. The average Bonchev–Trinajstić information content (AvgIpc) is 2.68. The normalized spacial score (nSPS) is 12.5. The van der Waals surface area contributed by atoms with Crippen LogP contribution in [0.3, 0.4) is 0 Å². The number of rotatable bonds is 6. The van der Waals surface area contributed by atoms with Gasteiger partial charge in [0.1, 0.15) is 5.69 Å². The van der Waals surface area contributed by atoms with Crippen molar-refractivity contribution in [1.29, 1.82) is 0 Å². The lowest BCUT2D eigenvalue weighted by Gasteiger charge is -2.20. The molecule has 0 saturated heterocycles. The summed E-state index contributed by atoms with van der Waals surface area (Å²) in [6.07, 6.45) is 1.31. The van der Waals surface area contributed by atoms with Gasteiger partial charge in [-0.25, -0.2) is 13.1 Å². The van der Waals surface area contributed by atoms with Crippen molar-refractivity contribution in [1.82, 2.24) is 9.78 Å². The SMILES string of the molecule is Cc1ccccc1[C@H](CC(=O)c1ccc(=O)n(C)n1)c1ccc(S(C)(=O)=O)cc1. The molecule has 0 aliphatic carbocycles. The number of Topliss-reactive ketones (excluding diaryl/α,β-unsaturated/α-hetero) is 1. The van der Waals surface area contributed by atoms with Gasteiger partial charge in [0.15, 0.2) is 15.6 Å². The quantitative estimate of drug-likeness (QED) is 0.583. The van der Waals surface area contributed by atoms with E-state index in [1.54, 1.807) is 24.3 Å². The molecule has 0 radical (unpaired) electrons.